The van der Waals surface area contributed by atoms with E-state index in [1.807, 2.05) is 4.90 Å². The molecule has 4 nitrogen and oxygen atoms in total. The summed E-state index contributed by atoms with van der Waals surface area (Å²) in [5.41, 5.74) is 5.31. The maximum Gasteiger partial charge on any atom is 0.435 e. The van der Waals surface area contributed by atoms with E-state index in [4.69, 9.17) is 5.73 Å². The highest BCUT2D eigenvalue weighted by Gasteiger charge is 2.34. The Hall–Kier alpha value is -0.790. The molecule has 1 atom stereocenters. The summed E-state index contributed by atoms with van der Waals surface area (Å²) < 4.78 is 36.8. The van der Waals surface area contributed by atoms with Crippen molar-refractivity contribution in [3.8, 4) is 0 Å². The van der Waals surface area contributed by atoms with Crippen LogP contribution in [-0.2, 0) is 12.7 Å². The zero-order valence-electron chi connectivity index (χ0n) is 9.00. The second kappa shape index (κ2) is 5.24. The van der Waals surface area contributed by atoms with Crippen molar-refractivity contribution in [2.24, 2.45) is 5.73 Å². The van der Waals surface area contributed by atoms with Crippen molar-refractivity contribution in [2.45, 2.75) is 25.2 Å². The Labute approximate surface area is 103 Å². The summed E-state index contributed by atoms with van der Waals surface area (Å²) in [4.78, 5) is 2.01. The fraction of sp³-hybridized carbons (Fsp3) is 0.667. The van der Waals surface area contributed by atoms with Gasteiger partial charge in [0.25, 0.3) is 0 Å². The lowest BCUT2D eigenvalue weighted by Crippen LogP contribution is -2.26. The zero-order valence-corrected chi connectivity index (χ0v) is 9.81. The van der Waals surface area contributed by atoms with Crippen LogP contribution in [0.4, 0.5) is 13.2 Å². The first-order chi connectivity index (χ1) is 7.45. The summed E-state index contributed by atoms with van der Waals surface area (Å²) in [6.07, 6.45) is -3.49. The molecule has 2 rings (SSSR count). The number of nitrogens with one attached hydrogen (secondary N) is 1. The van der Waals surface area contributed by atoms with E-state index in [-0.39, 0.29) is 18.4 Å². The summed E-state index contributed by atoms with van der Waals surface area (Å²) >= 11 is 0. The number of hydrogen-bond acceptors (Lipinski definition) is 3. The molecule has 1 aromatic heterocycles. The van der Waals surface area contributed by atoms with Gasteiger partial charge in [0, 0.05) is 31.4 Å². The third-order valence-electron chi connectivity index (χ3n) is 2.62. The lowest BCUT2D eigenvalue weighted by molar-refractivity contribution is -0.141. The highest BCUT2D eigenvalue weighted by molar-refractivity contribution is 5.85. The molecule has 8 heteroatoms. The van der Waals surface area contributed by atoms with E-state index in [0.29, 0.717) is 12.2 Å². The lowest BCUT2D eigenvalue weighted by atomic mass is 10.3. The average Bonchev–Trinajstić information content (AvgIpc) is 2.74. The molecule has 1 fully saturated rings. The van der Waals surface area contributed by atoms with E-state index in [1.165, 1.54) is 0 Å². The molecule has 1 aromatic rings. The van der Waals surface area contributed by atoms with E-state index in [0.717, 1.165) is 25.6 Å². The number of aromatic nitrogens is 2. The van der Waals surface area contributed by atoms with Crippen LogP contribution in [0.1, 0.15) is 17.8 Å². The first-order valence-electron chi connectivity index (χ1n) is 5.04. The SMILES string of the molecule is Cl.N[C@H]1CCN(Cc2cc(C(F)(F)F)n[nH]2)C1. The maximum absolute atomic E-state index is 12.3. The summed E-state index contributed by atoms with van der Waals surface area (Å²) in [5.74, 6) is 0. The van der Waals surface area contributed by atoms with Crippen LogP contribution in [0.3, 0.4) is 0 Å². The van der Waals surface area contributed by atoms with Gasteiger partial charge in [-0.2, -0.15) is 18.3 Å². The highest BCUT2D eigenvalue weighted by atomic mass is 35.5. The summed E-state index contributed by atoms with van der Waals surface area (Å²) in [7, 11) is 0. The molecule has 0 aromatic carbocycles. The van der Waals surface area contributed by atoms with Gasteiger partial charge in [-0.25, -0.2) is 0 Å². The van der Waals surface area contributed by atoms with Gasteiger partial charge in [-0.3, -0.25) is 10.00 Å². The molecule has 0 amide bonds. The predicted molar refractivity (Wildman–Crippen MR) is 58.7 cm³/mol. The van der Waals surface area contributed by atoms with E-state index in [1.54, 1.807) is 0 Å². The third-order valence-corrected chi connectivity index (χ3v) is 2.62. The standard InChI is InChI=1S/C9H13F3N4.ClH/c10-9(11,12)8-3-7(14-15-8)5-16-2-1-6(13)4-16;/h3,6H,1-2,4-5,13H2,(H,14,15);1H/t6-;/m0./s1. The monoisotopic (exact) mass is 270 g/mol. The lowest BCUT2D eigenvalue weighted by Gasteiger charge is -2.12. The molecule has 1 aliphatic rings. The van der Waals surface area contributed by atoms with Gasteiger partial charge in [-0.05, 0) is 12.5 Å². The molecule has 2 heterocycles. The minimum atomic E-state index is -4.38. The van der Waals surface area contributed by atoms with E-state index < -0.39 is 11.9 Å². The Kier molecular flexibility index (Phi) is 4.40. The Morgan fingerprint density at radius 1 is 1.53 bits per heavy atom. The van der Waals surface area contributed by atoms with Gasteiger partial charge in [0.05, 0.1) is 0 Å². The van der Waals surface area contributed by atoms with Gasteiger partial charge in [-0.15, -0.1) is 12.4 Å². The zero-order chi connectivity index (χ0) is 11.8. The molecule has 0 saturated carbocycles. The predicted octanol–water partition coefficient (Wildman–Crippen LogP) is 1.38. The smallest absolute Gasteiger partial charge is 0.326 e. The topological polar surface area (TPSA) is 57.9 Å². The van der Waals surface area contributed by atoms with Crippen LogP contribution in [0, 0.1) is 0 Å². The first-order valence-corrected chi connectivity index (χ1v) is 5.04. The van der Waals surface area contributed by atoms with Gasteiger partial charge in [0.2, 0.25) is 0 Å². The largest absolute Gasteiger partial charge is 0.435 e. The van der Waals surface area contributed by atoms with Gasteiger partial charge >= 0.3 is 6.18 Å². The quantitative estimate of drug-likeness (QED) is 0.854. The van der Waals surface area contributed by atoms with Crippen LogP contribution in [0.5, 0.6) is 0 Å². The number of rotatable bonds is 2. The molecule has 17 heavy (non-hydrogen) atoms. The summed E-state index contributed by atoms with van der Waals surface area (Å²) in [6, 6.07) is 1.18. The van der Waals surface area contributed by atoms with E-state index in [2.05, 4.69) is 10.2 Å². The van der Waals surface area contributed by atoms with Crippen molar-refractivity contribution >= 4 is 12.4 Å². The van der Waals surface area contributed by atoms with Gasteiger partial charge in [0.15, 0.2) is 5.69 Å². The number of aromatic amines is 1. The normalized spacial score (nSPS) is 21.5. The van der Waals surface area contributed by atoms with E-state index in [9.17, 15) is 13.2 Å². The molecular weight excluding hydrogens is 257 g/mol. The number of nitrogens with zero attached hydrogens (tertiary/aromatic N) is 2. The van der Waals surface area contributed by atoms with Crippen molar-refractivity contribution < 1.29 is 13.2 Å². The molecular formula is C9H14ClF3N4. The molecule has 1 aliphatic heterocycles. The molecule has 3 N–H and O–H groups in total. The van der Waals surface area contributed by atoms with Crippen molar-refractivity contribution in [2.75, 3.05) is 13.1 Å². The van der Waals surface area contributed by atoms with Crippen molar-refractivity contribution in [1.29, 1.82) is 0 Å². The van der Waals surface area contributed by atoms with Crippen LogP contribution in [0.15, 0.2) is 6.07 Å². The molecule has 0 spiro atoms. The van der Waals surface area contributed by atoms with Crippen LogP contribution >= 0.6 is 12.4 Å². The Balaban J connectivity index is 0.00000144. The number of halogens is 4. The van der Waals surface area contributed by atoms with Gasteiger partial charge < -0.3 is 5.73 Å². The molecule has 98 valence electrons. The molecule has 0 radical (unpaired) electrons. The van der Waals surface area contributed by atoms with Crippen LogP contribution < -0.4 is 5.73 Å². The minimum Gasteiger partial charge on any atom is -0.326 e. The van der Waals surface area contributed by atoms with Gasteiger partial charge in [0.1, 0.15) is 0 Å². The number of nitrogens with two attached hydrogens (primary N) is 1. The maximum atomic E-state index is 12.3. The second-order valence-corrected chi connectivity index (χ2v) is 4.06. The van der Waals surface area contributed by atoms with Crippen LogP contribution in [0.25, 0.3) is 0 Å². The highest BCUT2D eigenvalue weighted by Crippen LogP contribution is 2.28. The molecule has 0 bridgehead atoms. The number of alkyl halides is 3. The first kappa shape index (κ1) is 14.3. The molecule has 0 unspecified atom stereocenters. The fourth-order valence-corrected chi connectivity index (χ4v) is 1.83. The molecule has 0 aliphatic carbocycles. The van der Waals surface area contributed by atoms with Crippen molar-refractivity contribution in [3.63, 3.8) is 0 Å². The summed E-state index contributed by atoms with van der Waals surface area (Å²) in [5, 5.41) is 5.64. The molecule has 1 saturated heterocycles. The number of likely N-dealkylation sites (tertiary alicyclic amines) is 1. The second-order valence-electron chi connectivity index (χ2n) is 4.06. The minimum absolute atomic E-state index is 0. The van der Waals surface area contributed by atoms with Crippen LogP contribution in [-0.4, -0.2) is 34.2 Å². The van der Waals surface area contributed by atoms with Crippen LogP contribution in [0.2, 0.25) is 0 Å². The van der Waals surface area contributed by atoms with Crippen molar-refractivity contribution in [3.05, 3.63) is 17.5 Å². The summed E-state index contributed by atoms with van der Waals surface area (Å²) in [6.45, 7) is 1.98. The van der Waals surface area contributed by atoms with Gasteiger partial charge in [-0.1, -0.05) is 0 Å². The number of H-pyrrole nitrogens is 1. The Bertz CT molecular complexity index is 365. The average molecular weight is 271 g/mol. The fourth-order valence-electron chi connectivity index (χ4n) is 1.83. The Morgan fingerprint density at radius 3 is 2.71 bits per heavy atom. The number of hydrogen-bond donors (Lipinski definition) is 2. The third kappa shape index (κ3) is 3.58. The van der Waals surface area contributed by atoms with Crippen molar-refractivity contribution in [1.82, 2.24) is 15.1 Å². The Morgan fingerprint density at radius 2 is 2.24 bits per heavy atom. The van der Waals surface area contributed by atoms with E-state index >= 15 is 0 Å².